The zero-order valence-corrected chi connectivity index (χ0v) is 13.3. The van der Waals surface area contributed by atoms with Gasteiger partial charge in [0.15, 0.2) is 5.75 Å². The third-order valence-corrected chi connectivity index (χ3v) is 3.89. The maximum atomic E-state index is 12.8. The van der Waals surface area contributed by atoms with Crippen LogP contribution < -0.4 is 15.4 Å². The molecule has 0 unspecified atom stereocenters. The first kappa shape index (κ1) is 15.7. The first-order chi connectivity index (χ1) is 11.5. The van der Waals surface area contributed by atoms with Gasteiger partial charge in [-0.25, -0.2) is 4.90 Å². The lowest BCUT2D eigenvalue weighted by Crippen LogP contribution is -2.30. The molecule has 0 atom stereocenters. The number of nitrogens with two attached hydrogens (primary N) is 1. The van der Waals surface area contributed by atoms with Gasteiger partial charge < -0.3 is 10.5 Å². The van der Waals surface area contributed by atoms with E-state index in [9.17, 15) is 14.4 Å². The van der Waals surface area contributed by atoms with Crippen molar-refractivity contribution in [1.82, 2.24) is 0 Å². The number of ether oxygens (including phenoxy) is 1. The summed E-state index contributed by atoms with van der Waals surface area (Å²) >= 11 is 0. The number of imide groups is 1. The Balaban J connectivity index is 2.13. The van der Waals surface area contributed by atoms with Gasteiger partial charge in [0.25, 0.3) is 11.8 Å². The van der Waals surface area contributed by atoms with Crippen LogP contribution in [0.25, 0.3) is 0 Å². The van der Waals surface area contributed by atoms with E-state index in [4.69, 9.17) is 10.5 Å². The van der Waals surface area contributed by atoms with Gasteiger partial charge in [-0.05, 0) is 30.7 Å². The molecule has 1 aliphatic rings. The van der Waals surface area contributed by atoms with Gasteiger partial charge in [0.1, 0.15) is 0 Å². The molecule has 2 N–H and O–H groups in total. The van der Waals surface area contributed by atoms with Crippen LogP contribution in [0.2, 0.25) is 0 Å². The number of esters is 1. The van der Waals surface area contributed by atoms with E-state index in [0.717, 1.165) is 4.90 Å². The molecule has 2 aromatic carbocycles. The van der Waals surface area contributed by atoms with E-state index in [-0.39, 0.29) is 23.5 Å². The predicted octanol–water partition coefficient (Wildman–Crippen LogP) is 2.69. The third-order valence-electron chi connectivity index (χ3n) is 3.89. The first-order valence-corrected chi connectivity index (χ1v) is 7.53. The van der Waals surface area contributed by atoms with Crippen molar-refractivity contribution in [3.05, 3.63) is 53.1 Å². The molecule has 0 saturated carbocycles. The number of para-hydroxylation sites is 1. The van der Waals surface area contributed by atoms with E-state index in [1.54, 1.807) is 44.2 Å². The third kappa shape index (κ3) is 2.32. The SMILES string of the molecule is CCC(=O)Oc1c(N)cccc1N1C(=O)c2cccc(C)c2C1=O. The van der Waals surface area contributed by atoms with E-state index in [1.165, 1.54) is 6.07 Å². The fraction of sp³-hybridized carbons (Fsp3) is 0.167. The minimum Gasteiger partial charge on any atom is -0.422 e. The van der Waals surface area contributed by atoms with Crippen molar-refractivity contribution in [2.75, 3.05) is 10.6 Å². The lowest BCUT2D eigenvalue weighted by molar-refractivity contribution is -0.133. The number of carbonyl (C=O) groups excluding carboxylic acids is 3. The average molecular weight is 324 g/mol. The van der Waals surface area contributed by atoms with Crippen molar-refractivity contribution < 1.29 is 19.1 Å². The van der Waals surface area contributed by atoms with E-state index >= 15 is 0 Å². The molecule has 0 aromatic heterocycles. The van der Waals surface area contributed by atoms with Crippen LogP contribution >= 0.6 is 0 Å². The Hall–Kier alpha value is -3.15. The summed E-state index contributed by atoms with van der Waals surface area (Å²) in [5.41, 5.74) is 7.64. The molecule has 2 amide bonds. The van der Waals surface area contributed by atoms with Gasteiger partial charge in [-0.15, -0.1) is 0 Å². The van der Waals surface area contributed by atoms with Gasteiger partial charge in [-0.3, -0.25) is 14.4 Å². The molecule has 0 spiro atoms. The van der Waals surface area contributed by atoms with Crippen LogP contribution in [0.5, 0.6) is 5.75 Å². The van der Waals surface area contributed by atoms with Gasteiger partial charge in [0.2, 0.25) is 0 Å². The monoisotopic (exact) mass is 324 g/mol. The van der Waals surface area contributed by atoms with Crippen LogP contribution in [0.3, 0.4) is 0 Å². The minimum atomic E-state index is -0.498. The summed E-state index contributed by atoms with van der Waals surface area (Å²) in [4.78, 5) is 38.1. The lowest BCUT2D eigenvalue weighted by Gasteiger charge is -2.19. The second kappa shape index (κ2) is 5.81. The summed E-state index contributed by atoms with van der Waals surface area (Å²) in [6.07, 6.45) is 0.148. The van der Waals surface area contributed by atoms with Crippen LogP contribution in [-0.4, -0.2) is 17.8 Å². The Bertz CT molecular complexity index is 873. The highest BCUT2D eigenvalue weighted by Crippen LogP contribution is 2.39. The number of rotatable bonds is 3. The van der Waals surface area contributed by atoms with Crippen molar-refractivity contribution in [2.45, 2.75) is 20.3 Å². The molecule has 1 heterocycles. The van der Waals surface area contributed by atoms with Gasteiger partial charge in [-0.1, -0.05) is 25.1 Å². The molecule has 24 heavy (non-hydrogen) atoms. The van der Waals surface area contributed by atoms with Gasteiger partial charge in [-0.2, -0.15) is 0 Å². The number of hydrogen-bond donors (Lipinski definition) is 1. The highest BCUT2D eigenvalue weighted by Gasteiger charge is 2.39. The van der Waals surface area contributed by atoms with Crippen LogP contribution in [0, 0.1) is 6.92 Å². The van der Waals surface area contributed by atoms with E-state index < -0.39 is 17.8 Å². The number of benzene rings is 2. The van der Waals surface area contributed by atoms with Crippen molar-refractivity contribution in [3.63, 3.8) is 0 Å². The van der Waals surface area contributed by atoms with Gasteiger partial charge in [0, 0.05) is 6.42 Å². The zero-order valence-electron chi connectivity index (χ0n) is 13.3. The Kier molecular flexibility index (Phi) is 3.81. The quantitative estimate of drug-likeness (QED) is 0.406. The summed E-state index contributed by atoms with van der Waals surface area (Å²) < 4.78 is 5.25. The molecular formula is C18H16N2O4. The maximum Gasteiger partial charge on any atom is 0.311 e. The normalized spacial score (nSPS) is 13.2. The van der Waals surface area contributed by atoms with Crippen LogP contribution in [0.4, 0.5) is 11.4 Å². The number of aryl methyl sites for hydroxylation is 1. The first-order valence-electron chi connectivity index (χ1n) is 7.53. The molecule has 6 heteroatoms. The number of fused-ring (bicyclic) bond motifs is 1. The van der Waals surface area contributed by atoms with Crippen molar-refractivity contribution >= 4 is 29.2 Å². The van der Waals surface area contributed by atoms with Crippen LogP contribution in [-0.2, 0) is 4.79 Å². The molecule has 2 aromatic rings. The largest absolute Gasteiger partial charge is 0.422 e. The van der Waals surface area contributed by atoms with E-state index in [1.807, 2.05) is 0 Å². The second-order valence-corrected chi connectivity index (χ2v) is 5.47. The van der Waals surface area contributed by atoms with Gasteiger partial charge >= 0.3 is 5.97 Å². The summed E-state index contributed by atoms with van der Waals surface area (Å²) in [5, 5.41) is 0. The average Bonchev–Trinajstić information content (AvgIpc) is 2.82. The Morgan fingerprint density at radius 3 is 2.50 bits per heavy atom. The highest BCUT2D eigenvalue weighted by atomic mass is 16.5. The summed E-state index contributed by atoms with van der Waals surface area (Å²) in [6.45, 7) is 3.41. The van der Waals surface area contributed by atoms with Crippen molar-refractivity contribution in [2.24, 2.45) is 0 Å². The smallest absolute Gasteiger partial charge is 0.311 e. The predicted molar refractivity (Wildman–Crippen MR) is 89.1 cm³/mol. The number of carbonyl (C=O) groups is 3. The highest BCUT2D eigenvalue weighted by molar-refractivity contribution is 6.35. The second-order valence-electron chi connectivity index (χ2n) is 5.47. The molecule has 1 aliphatic heterocycles. The van der Waals surface area contributed by atoms with Gasteiger partial charge in [0.05, 0.1) is 22.5 Å². The Morgan fingerprint density at radius 1 is 1.12 bits per heavy atom. The maximum absolute atomic E-state index is 12.8. The summed E-state index contributed by atoms with van der Waals surface area (Å²) in [7, 11) is 0. The molecule has 0 bridgehead atoms. The molecule has 0 radical (unpaired) electrons. The molecular weight excluding hydrogens is 308 g/mol. The molecule has 3 rings (SSSR count). The molecule has 0 saturated heterocycles. The van der Waals surface area contributed by atoms with E-state index in [2.05, 4.69) is 0 Å². The van der Waals surface area contributed by atoms with E-state index in [0.29, 0.717) is 16.7 Å². The number of amides is 2. The Morgan fingerprint density at radius 2 is 1.83 bits per heavy atom. The number of hydrogen-bond acceptors (Lipinski definition) is 5. The van der Waals surface area contributed by atoms with Crippen molar-refractivity contribution in [1.29, 1.82) is 0 Å². The molecule has 6 nitrogen and oxygen atoms in total. The van der Waals surface area contributed by atoms with Crippen LogP contribution in [0.1, 0.15) is 39.6 Å². The molecule has 122 valence electrons. The number of anilines is 2. The van der Waals surface area contributed by atoms with Crippen molar-refractivity contribution in [3.8, 4) is 5.75 Å². The Labute approximate surface area is 138 Å². The zero-order chi connectivity index (χ0) is 17.4. The summed E-state index contributed by atoms with van der Waals surface area (Å²) in [6, 6.07) is 9.78. The molecule has 0 aliphatic carbocycles. The summed E-state index contributed by atoms with van der Waals surface area (Å²) in [5.74, 6) is -1.39. The van der Waals surface area contributed by atoms with Crippen LogP contribution in [0.15, 0.2) is 36.4 Å². The molecule has 0 fully saturated rings. The minimum absolute atomic E-state index is 0.0245. The number of nitrogen functional groups attached to an aromatic ring is 1. The fourth-order valence-electron chi connectivity index (χ4n) is 2.69. The topological polar surface area (TPSA) is 89.7 Å². The fourth-order valence-corrected chi connectivity index (χ4v) is 2.69. The number of nitrogens with zero attached hydrogens (tertiary/aromatic N) is 1. The lowest BCUT2D eigenvalue weighted by atomic mass is 10.0. The standard InChI is InChI=1S/C18H16N2O4/c1-3-14(21)24-16-12(19)8-5-9-13(16)20-17(22)11-7-4-6-10(2)15(11)18(20)23/h4-9H,3,19H2,1-2H3.